The molecule has 2 aromatic rings. The number of nitrogens with zero attached hydrogens (tertiary/aromatic N) is 2. The van der Waals surface area contributed by atoms with Gasteiger partial charge in [0.25, 0.3) is 0 Å². The fourth-order valence-electron chi connectivity index (χ4n) is 1.69. The fourth-order valence-corrected chi connectivity index (χ4v) is 2.43. The fraction of sp³-hybridized carbons (Fsp3) is 0.308. The molecule has 1 aromatic heterocycles. The zero-order valence-corrected chi connectivity index (χ0v) is 12.2. The summed E-state index contributed by atoms with van der Waals surface area (Å²) in [7, 11) is 0. The topological polar surface area (TPSA) is 17.8 Å². The third-order valence-corrected chi connectivity index (χ3v) is 3.55. The number of benzene rings is 1. The maximum absolute atomic E-state index is 6.25. The van der Waals surface area contributed by atoms with Crippen LogP contribution in [0.25, 0.3) is 5.69 Å². The summed E-state index contributed by atoms with van der Waals surface area (Å²) in [6, 6.07) is 7.92. The predicted octanol–water partition coefficient (Wildman–Crippen LogP) is 4.54. The molecule has 0 N–H and O–H groups in total. The van der Waals surface area contributed by atoms with E-state index in [1.807, 2.05) is 35.1 Å². The highest BCUT2D eigenvalue weighted by Crippen LogP contribution is 2.26. The van der Waals surface area contributed by atoms with Gasteiger partial charge in [0, 0.05) is 11.5 Å². The molecule has 0 atom stereocenters. The number of hydrogen-bond acceptors (Lipinski definition) is 1. The highest BCUT2D eigenvalue weighted by molar-refractivity contribution is 9.08. The summed E-state index contributed by atoms with van der Waals surface area (Å²) in [5.74, 6) is 0.422. The summed E-state index contributed by atoms with van der Waals surface area (Å²) in [5.41, 5.74) is 3.17. The Morgan fingerprint density at radius 1 is 1.35 bits per heavy atom. The minimum atomic E-state index is 0.422. The van der Waals surface area contributed by atoms with Gasteiger partial charge in [0.05, 0.1) is 16.4 Å². The first-order valence-corrected chi connectivity index (χ1v) is 7.02. The molecule has 0 aliphatic carbocycles. The minimum absolute atomic E-state index is 0.422. The smallest absolute Gasteiger partial charge is 0.0872 e. The molecule has 1 heterocycles. The molecule has 0 saturated heterocycles. The second kappa shape index (κ2) is 5.23. The van der Waals surface area contributed by atoms with Crippen LogP contribution in [0.5, 0.6) is 0 Å². The molecule has 2 nitrogen and oxygen atoms in total. The zero-order valence-electron chi connectivity index (χ0n) is 9.82. The molecular weight excluding hydrogens is 300 g/mol. The maximum atomic E-state index is 6.25. The van der Waals surface area contributed by atoms with Crippen molar-refractivity contribution in [3.05, 3.63) is 46.7 Å². The van der Waals surface area contributed by atoms with E-state index in [1.165, 1.54) is 0 Å². The lowest BCUT2D eigenvalue weighted by Gasteiger charge is -2.09. The van der Waals surface area contributed by atoms with Crippen LogP contribution < -0.4 is 0 Å². The Balaban J connectivity index is 2.51. The van der Waals surface area contributed by atoms with E-state index in [9.17, 15) is 0 Å². The highest BCUT2D eigenvalue weighted by Gasteiger charge is 2.11. The number of aromatic nitrogens is 2. The first-order chi connectivity index (χ1) is 8.13. The Hall–Kier alpha value is -0.800. The maximum Gasteiger partial charge on any atom is 0.0872 e. The van der Waals surface area contributed by atoms with Gasteiger partial charge in [-0.15, -0.1) is 0 Å². The summed E-state index contributed by atoms with van der Waals surface area (Å²) in [6.45, 7) is 4.26. The molecule has 17 heavy (non-hydrogen) atoms. The molecule has 2 rings (SSSR count). The van der Waals surface area contributed by atoms with Gasteiger partial charge in [0.2, 0.25) is 0 Å². The average molecular weight is 314 g/mol. The van der Waals surface area contributed by atoms with Gasteiger partial charge >= 0.3 is 0 Å². The SMILES string of the molecule is CC(C)c1ccn(-c2c(Cl)cccc2CBr)n1. The van der Waals surface area contributed by atoms with Crippen molar-refractivity contribution in [1.29, 1.82) is 0 Å². The van der Waals surface area contributed by atoms with Crippen molar-refractivity contribution >= 4 is 27.5 Å². The second-order valence-electron chi connectivity index (χ2n) is 4.22. The average Bonchev–Trinajstić information content (AvgIpc) is 2.77. The van der Waals surface area contributed by atoms with Crippen molar-refractivity contribution in [2.24, 2.45) is 0 Å². The molecule has 0 aliphatic rings. The van der Waals surface area contributed by atoms with E-state index in [4.69, 9.17) is 11.6 Å². The van der Waals surface area contributed by atoms with Gasteiger partial charge < -0.3 is 0 Å². The van der Waals surface area contributed by atoms with Crippen LogP contribution in [0, 0.1) is 0 Å². The number of halogens is 2. The predicted molar refractivity (Wildman–Crippen MR) is 75.3 cm³/mol. The molecule has 1 aromatic carbocycles. The molecule has 0 fully saturated rings. The van der Waals surface area contributed by atoms with Crippen LogP contribution in [0.15, 0.2) is 30.5 Å². The van der Waals surface area contributed by atoms with Gasteiger partial charge in [-0.3, -0.25) is 0 Å². The van der Waals surface area contributed by atoms with Gasteiger partial charge in [-0.05, 0) is 23.6 Å². The summed E-state index contributed by atoms with van der Waals surface area (Å²) in [6.07, 6.45) is 1.96. The van der Waals surface area contributed by atoms with E-state index in [0.29, 0.717) is 5.92 Å². The normalized spacial score (nSPS) is 11.1. The van der Waals surface area contributed by atoms with Crippen LogP contribution in [0.4, 0.5) is 0 Å². The Morgan fingerprint density at radius 3 is 2.71 bits per heavy atom. The second-order valence-corrected chi connectivity index (χ2v) is 5.19. The lowest BCUT2D eigenvalue weighted by molar-refractivity contribution is 0.766. The monoisotopic (exact) mass is 312 g/mol. The van der Waals surface area contributed by atoms with Crippen LogP contribution in [0.1, 0.15) is 31.0 Å². The molecule has 0 amide bonds. The summed E-state index contributed by atoms with van der Waals surface area (Å²) in [5, 5.41) is 6.05. The van der Waals surface area contributed by atoms with E-state index in [2.05, 4.69) is 34.9 Å². The van der Waals surface area contributed by atoms with Gasteiger partial charge in [0.1, 0.15) is 0 Å². The lowest BCUT2D eigenvalue weighted by atomic mass is 10.1. The highest BCUT2D eigenvalue weighted by atomic mass is 79.9. The van der Waals surface area contributed by atoms with Crippen LogP contribution in [0.3, 0.4) is 0 Å². The van der Waals surface area contributed by atoms with E-state index in [1.54, 1.807) is 0 Å². The van der Waals surface area contributed by atoms with Gasteiger partial charge in [-0.25, -0.2) is 4.68 Å². The van der Waals surface area contributed by atoms with Crippen LogP contribution in [0.2, 0.25) is 5.02 Å². The molecular formula is C13H14BrClN2. The largest absolute Gasteiger partial charge is 0.239 e. The van der Waals surface area contributed by atoms with E-state index >= 15 is 0 Å². The molecule has 0 spiro atoms. The van der Waals surface area contributed by atoms with Crippen molar-refractivity contribution < 1.29 is 0 Å². The van der Waals surface area contributed by atoms with E-state index in [0.717, 1.165) is 27.3 Å². The molecule has 0 unspecified atom stereocenters. The van der Waals surface area contributed by atoms with E-state index in [-0.39, 0.29) is 0 Å². The quantitative estimate of drug-likeness (QED) is 0.760. The Labute approximate surface area is 115 Å². The molecule has 0 radical (unpaired) electrons. The summed E-state index contributed by atoms with van der Waals surface area (Å²) in [4.78, 5) is 0. The van der Waals surface area contributed by atoms with Crippen molar-refractivity contribution in [2.75, 3.05) is 0 Å². The minimum Gasteiger partial charge on any atom is -0.239 e. The Kier molecular flexibility index (Phi) is 3.89. The summed E-state index contributed by atoms with van der Waals surface area (Å²) < 4.78 is 1.86. The molecule has 90 valence electrons. The zero-order chi connectivity index (χ0) is 12.4. The summed E-state index contributed by atoms with van der Waals surface area (Å²) >= 11 is 9.73. The molecule has 0 saturated carbocycles. The third-order valence-electron chi connectivity index (χ3n) is 2.64. The van der Waals surface area contributed by atoms with Gasteiger partial charge in [0.15, 0.2) is 0 Å². The number of rotatable bonds is 3. The van der Waals surface area contributed by atoms with Crippen molar-refractivity contribution in [2.45, 2.75) is 25.1 Å². The molecule has 0 bridgehead atoms. The van der Waals surface area contributed by atoms with Crippen LogP contribution >= 0.6 is 27.5 Å². The van der Waals surface area contributed by atoms with Gasteiger partial charge in [-0.1, -0.05) is 53.5 Å². The Morgan fingerprint density at radius 2 is 2.12 bits per heavy atom. The van der Waals surface area contributed by atoms with Gasteiger partial charge in [-0.2, -0.15) is 5.10 Å². The molecule has 0 aliphatic heterocycles. The van der Waals surface area contributed by atoms with Crippen LogP contribution in [-0.2, 0) is 5.33 Å². The number of hydrogen-bond donors (Lipinski definition) is 0. The van der Waals surface area contributed by atoms with Crippen molar-refractivity contribution in [3.8, 4) is 5.69 Å². The van der Waals surface area contributed by atoms with E-state index < -0.39 is 0 Å². The number of para-hydroxylation sites is 1. The lowest BCUT2D eigenvalue weighted by Crippen LogP contribution is -2.01. The standard InChI is InChI=1S/C13H14BrClN2/c1-9(2)12-6-7-17(16-12)13-10(8-14)4-3-5-11(13)15/h3-7,9H,8H2,1-2H3. The molecule has 4 heteroatoms. The first-order valence-electron chi connectivity index (χ1n) is 5.52. The third kappa shape index (κ3) is 2.55. The van der Waals surface area contributed by atoms with Crippen molar-refractivity contribution in [1.82, 2.24) is 9.78 Å². The number of alkyl halides is 1. The van der Waals surface area contributed by atoms with Crippen molar-refractivity contribution in [3.63, 3.8) is 0 Å². The van der Waals surface area contributed by atoms with Crippen LogP contribution in [-0.4, -0.2) is 9.78 Å². The Bertz CT molecular complexity index is 520. The first kappa shape index (κ1) is 12.7.